The molecule has 5 heterocycles. The van der Waals surface area contributed by atoms with Gasteiger partial charge in [-0.25, -0.2) is 14.8 Å². The number of alkyl carbamates (subject to hydrolysis) is 1. The fourth-order valence-corrected chi connectivity index (χ4v) is 15.1. The van der Waals surface area contributed by atoms with Crippen molar-refractivity contribution in [3.63, 3.8) is 0 Å². The number of fused-ring (bicyclic) bond motifs is 7. The van der Waals surface area contributed by atoms with E-state index >= 15 is 0 Å². The van der Waals surface area contributed by atoms with Crippen molar-refractivity contribution in [1.29, 1.82) is 0 Å². The molecule has 1 fully saturated rings. The average Bonchev–Trinajstić information content (AvgIpc) is 1.62. The molecule has 4 aromatic heterocycles. The van der Waals surface area contributed by atoms with E-state index in [1.807, 2.05) is 152 Å². The van der Waals surface area contributed by atoms with Crippen LogP contribution in [0, 0.1) is 17.8 Å². The Morgan fingerprint density at radius 1 is 0.515 bits per heavy atom. The van der Waals surface area contributed by atoms with Crippen molar-refractivity contribution in [2.45, 2.75) is 81.5 Å². The van der Waals surface area contributed by atoms with Gasteiger partial charge in [0.05, 0.1) is 35.9 Å². The lowest BCUT2D eigenvalue weighted by atomic mass is 9.82. The van der Waals surface area contributed by atoms with Gasteiger partial charge >= 0.3 is 6.09 Å². The van der Waals surface area contributed by atoms with Gasteiger partial charge in [0.25, 0.3) is 0 Å². The fraction of sp³-hybridized carbons (Fsp3) is 0.224. The normalized spacial score (nSPS) is 17.8. The van der Waals surface area contributed by atoms with Crippen LogP contribution in [-0.2, 0) is 32.0 Å². The van der Waals surface area contributed by atoms with E-state index in [-0.39, 0.29) is 44.9 Å². The van der Waals surface area contributed by atoms with E-state index in [0.29, 0.717) is 43.3 Å². The zero-order valence-corrected chi connectivity index (χ0v) is 56.1. The summed E-state index contributed by atoms with van der Waals surface area (Å²) in [6, 6.07) is 50.2. The molecule has 0 bridgehead atoms. The van der Waals surface area contributed by atoms with Crippen molar-refractivity contribution in [2.75, 3.05) is 19.7 Å². The lowest BCUT2D eigenvalue weighted by Crippen LogP contribution is -2.50. The number of nitrogens with zero attached hydrogens (tertiary/aromatic N) is 2. The molecule has 10 aromatic rings. The van der Waals surface area contributed by atoms with Gasteiger partial charge in [0.15, 0.2) is 0 Å². The summed E-state index contributed by atoms with van der Waals surface area (Å²) in [4.78, 5) is 79.6. The van der Waals surface area contributed by atoms with E-state index < -0.39 is 30.3 Å². The lowest BCUT2D eigenvalue weighted by Gasteiger charge is -2.29. The zero-order chi connectivity index (χ0) is 68.4. The molecule has 16 nitrogen and oxygen atoms in total. The topological polar surface area (TPSA) is 227 Å². The minimum atomic E-state index is -0.921. The molecule has 2 unspecified atom stereocenters. The van der Waals surface area contributed by atoms with Crippen LogP contribution in [0.2, 0.25) is 0 Å². The standard InChI is InChI=1S/C47H41N5O3.C38H40N6O2.2H2/c53-46(51-42(26-33-27-48-41-24-11-10-19-35(33)41)45-49-28-44(50-45)31-14-2-1-3-15-31)43(25-32-17-12-16-30-13-4-5-18-34(30)32)52-47(54)55-29-40-38-22-8-6-20-36(38)37-21-7-9-23-39(37)40;45-37(27-17-19-39-20-18-27)44-34(21-28-13-8-12-25-9-4-5-14-30(25)28)38(46)43-33(22-29-23-40-32-16-7-6-15-31(29)32)36-41-24-35(42-36)26-10-2-1-3-11-26;;/h1-15,17-24,27-28,30,40,42-43,48H,16,25-26,29H2,(H,49,50)(H,51,53)(H,52,54);1-11,13-16,23-25,27,33-34,39-40H,12,17-22H2,(H,41,42)(H,43,46)(H,44,45);2*1H/t30?,42-,43-;25?,33-,34-;;/m11../s1/i;;1+1;. The van der Waals surface area contributed by atoms with Gasteiger partial charge in [0.1, 0.15) is 30.3 Å². The number of aromatic amines is 4. The number of ether oxygens (including phenoxy) is 1. The third-order valence-electron chi connectivity index (χ3n) is 20.4. The summed E-state index contributed by atoms with van der Waals surface area (Å²) in [5.41, 5.74) is 17.0. The first-order valence-electron chi connectivity index (χ1n) is 35.2. The highest BCUT2D eigenvalue weighted by atomic mass is 16.5. The van der Waals surface area contributed by atoms with E-state index in [1.165, 1.54) is 5.57 Å². The van der Waals surface area contributed by atoms with Gasteiger partial charge < -0.3 is 51.3 Å². The van der Waals surface area contributed by atoms with Crippen LogP contribution in [0.15, 0.2) is 278 Å². The van der Waals surface area contributed by atoms with Gasteiger partial charge in [-0.15, -0.1) is 0 Å². The summed E-state index contributed by atoms with van der Waals surface area (Å²) >= 11 is 0. The van der Waals surface area contributed by atoms with Crippen molar-refractivity contribution in [1.82, 2.24) is 56.5 Å². The average molecular weight is 1340 g/mol. The van der Waals surface area contributed by atoms with Crippen molar-refractivity contribution < 1.29 is 26.8 Å². The molecular formula is C85H85N11O5. The number of carbonyl (C=O) groups excluding carboxylic acids is 4. The molecule has 1 aliphatic heterocycles. The summed E-state index contributed by atoms with van der Waals surface area (Å²) in [5.74, 6) is 1.01. The molecule has 0 spiro atoms. The molecule has 9 N–H and O–H groups in total. The van der Waals surface area contributed by atoms with E-state index in [9.17, 15) is 19.2 Å². The number of amides is 4. The number of benzene rings is 6. The van der Waals surface area contributed by atoms with Gasteiger partial charge in [-0.05, 0) is 118 Å². The number of H-pyrrole nitrogens is 4. The predicted molar refractivity (Wildman–Crippen MR) is 402 cm³/mol. The monoisotopic (exact) mass is 1340 g/mol. The highest BCUT2D eigenvalue weighted by Gasteiger charge is 2.35. The molecular weight excluding hydrogens is 1260 g/mol. The first-order valence-corrected chi connectivity index (χ1v) is 35.2. The number of imidazole rings is 2. The van der Waals surface area contributed by atoms with Crippen molar-refractivity contribution in [3.8, 4) is 33.6 Å². The number of hydrogen-bond acceptors (Lipinski definition) is 8. The molecule has 510 valence electrons. The summed E-state index contributed by atoms with van der Waals surface area (Å²) in [5, 5.41) is 18.3. The third-order valence-corrected chi connectivity index (χ3v) is 20.4. The third kappa shape index (κ3) is 14.8. The Labute approximate surface area is 590 Å². The van der Waals surface area contributed by atoms with Crippen LogP contribution in [0.5, 0.6) is 0 Å². The van der Waals surface area contributed by atoms with Crippen LogP contribution >= 0.6 is 0 Å². The molecule has 16 heteroatoms. The number of para-hydroxylation sites is 2. The van der Waals surface area contributed by atoms with Gasteiger partial charge in [-0.1, -0.05) is 219 Å². The molecule has 4 amide bonds. The van der Waals surface area contributed by atoms with Gasteiger partial charge in [0, 0.05) is 86.4 Å². The van der Waals surface area contributed by atoms with Crippen LogP contribution in [0.3, 0.4) is 0 Å². The largest absolute Gasteiger partial charge is 0.449 e. The number of allylic oxidation sites excluding steroid dienone is 14. The van der Waals surface area contributed by atoms with Crippen molar-refractivity contribution >= 4 is 45.6 Å². The molecule has 16 rings (SSSR count). The number of aromatic nitrogens is 6. The molecule has 6 atom stereocenters. The summed E-state index contributed by atoms with van der Waals surface area (Å²) in [6.07, 6.45) is 37.4. The second-order valence-electron chi connectivity index (χ2n) is 26.8. The van der Waals surface area contributed by atoms with E-state index in [1.54, 1.807) is 6.20 Å². The SMILES string of the molecule is O=C(N[C@H](CC1=C2C=CC=CC2CC=C1)C(=O)N[C@H](Cc1c[nH]c2ccccc12)c1ncc(-c2ccccc2)[nH]1)C1CCNCC1.O=C(N[C@H](CC1=C2C=CC=CC2CC=C1)C(=O)N[C@H](Cc1c[nH]c2ccccc12)c1ncc(-c2ccccc2)[nH]1)OCC1c2ccccc2-c2ccccc21.[2HH].[HH]. The molecule has 5 aliphatic carbocycles. The predicted octanol–water partition coefficient (Wildman–Crippen LogP) is 15.6. The Bertz CT molecular complexity index is 4900. The number of piperidine rings is 1. The lowest BCUT2D eigenvalue weighted by molar-refractivity contribution is -0.132. The summed E-state index contributed by atoms with van der Waals surface area (Å²) in [6.45, 7) is 1.76. The second-order valence-corrected chi connectivity index (χ2v) is 26.8. The molecule has 6 aliphatic rings. The minimum absolute atomic E-state index is 0. The quantitative estimate of drug-likeness (QED) is 0.0335. The number of rotatable bonds is 21. The molecule has 0 radical (unpaired) electrons. The van der Waals surface area contributed by atoms with Crippen LogP contribution in [0.25, 0.3) is 55.4 Å². The van der Waals surface area contributed by atoms with E-state index in [0.717, 1.165) is 133 Å². The highest BCUT2D eigenvalue weighted by Crippen LogP contribution is 2.45. The number of nitrogens with one attached hydrogen (secondary N) is 9. The summed E-state index contributed by atoms with van der Waals surface area (Å²) in [7, 11) is 0. The summed E-state index contributed by atoms with van der Waals surface area (Å²) < 4.78 is 5.98. The Hall–Kier alpha value is -11.6. The van der Waals surface area contributed by atoms with Gasteiger partial charge in [-0.3, -0.25) is 14.4 Å². The first kappa shape index (κ1) is 65.3. The maximum atomic E-state index is 14.6. The molecule has 6 aromatic carbocycles. The Morgan fingerprint density at radius 2 is 0.980 bits per heavy atom. The van der Waals surface area contributed by atoms with Crippen LogP contribution < -0.4 is 26.6 Å². The van der Waals surface area contributed by atoms with Gasteiger partial charge in [-0.2, -0.15) is 0 Å². The maximum Gasteiger partial charge on any atom is 0.407 e. The number of hydrogen-bond donors (Lipinski definition) is 9. The van der Waals surface area contributed by atoms with E-state index in [2.05, 4.69) is 144 Å². The smallest absolute Gasteiger partial charge is 0.407 e. The Kier molecular flexibility index (Phi) is 19.6. The molecule has 0 saturated carbocycles. The first-order chi connectivity index (χ1) is 49.7. The van der Waals surface area contributed by atoms with Crippen molar-refractivity contribution in [3.05, 3.63) is 312 Å². The zero-order valence-electron chi connectivity index (χ0n) is 56.1. The fourth-order valence-electron chi connectivity index (χ4n) is 15.1. The molecule has 1 saturated heterocycles. The van der Waals surface area contributed by atoms with Crippen molar-refractivity contribution in [2.24, 2.45) is 17.8 Å². The molecule has 101 heavy (non-hydrogen) atoms. The van der Waals surface area contributed by atoms with Crippen LogP contribution in [0.4, 0.5) is 4.79 Å². The second kappa shape index (κ2) is 30.2. The maximum absolute atomic E-state index is 14.6. The minimum Gasteiger partial charge on any atom is -0.449 e. The van der Waals surface area contributed by atoms with Gasteiger partial charge in [0.2, 0.25) is 17.7 Å². The van der Waals surface area contributed by atoms with E-state index in [4.69, 9.17) is 14.7 Å². The van der Waals surface area contributed by atoms with Crippen LogP contribution in [0.1, 0.15) is 93.3 Å². The highest BCUT2D eigenvalue weighted by molar-refractivity contribution is 5.90. The van der Waals surface area contributed by atoms with Crippen LogP contribution in [-0.4, -0.2) is 85.5 Å². The number of carbonyl (C=O) groups is 4. The Morgan fingerprint density at radius 3 is 1.50 bits per heavy atom. The Balaban J connectivity index is 0.000000183.